The normalized spacial score (nSPS) is 18.6. The van der Waals surface area contributed by atoms with Gasteiger partial charge in [-0.15, -0.1) is 0 Å². The van der Waals surface area contributed by atoms with Crippen LogP contribution in [0.25, 0.3) is 11.0 Å². The fourth-order valence-electron chi connectivity index (χ4n) is 3.06. The maximum Gasteiger partial charge on any atom is 0.328 e. The van der Waals surface area contributed by atoms with Gasteiger partial charge in [-0.1, -0.05) is 6.07 Å². The number of benzene rings is 1. The summed E-state index contributed by atoms with van der Waals surface area (Å²) in [7, 11) is 3.66. The molecule has 5 heteroatoms. The van der Waals surface area contributed by atoms with E-state index in [9.17, 15) is 4.79 Å². The molecule has 1 aromatic carbocycles. The molecule has 0 amide bonds. The zero-order valence-corrected chi connectivity index (χ0v) is 12.4. The number of aromatic nitrogens is 2. The number of nitrogens with zero attached hydrogens (tertiary/aromatic N) is 3. The third kappa shape index (κ3) is 2.07. The Bertz CT molecular complexity index is 679. The van der Waals surface area contributed by atoms with Crippen molar-refractivity contribution in [1.29, 1.82) is 0 Å². The summed E-state index contributed by atoms with van der Waals surface area (Å²) in [5.41, 5.74) is 3.32. The second kappa shape index (κ2) is 5.07. The fourth-order valence-corrected chi connectivity index (χ4v) is 3.06. The summed E-state index contributed by atoms with van der Waals surface area (Å²) < 4.78 is 3.43. The summed E-state index contributed by atoms with van der Waals surface area (Å²) in [5, 5.41) is 3.38. The van der Waals surface area contributed by atoms with Gasteiger partial charge in [0.05, 0.1) is 11.0 Å². The van der Waals surface area contributed by atoms with Crippen molar-refractivity contribution in [3.05, 3.63) is 34.2 Å². The molecule has 1 atom stereocenters. The van der Waals surface area contributed by atoms with Crippen molar-refractivity contribution in [3.8, 4) is 0 Å². The fraction of sp³-hybridized carbons (Fsp3) is 0.533. The zero-order chi connectivity index (χ0) is 14.3. The van der Waals surface area contributed by atoms with Gasteiger partial charge in [0.25, 0.3) is 0 Å². The van der Waals surface area contributed by atoms with E-state index in [4.69, 9.17) is 0 Å². The Kier molecular flexibility index (Phi) is 3.40. The molecule has 0 aliphatic carbocycles. The Hall–Kier alpha value is -1.59. The number of nitrogens with one attached hydrogen (secondary N) is 1. The van der Waals surface area contributed by atoms with Crippen LogP contribution in [-0.2, 0) is 14.1 Å². The molecule has 3 rings (SSSR count). The van der Waals surface area contributed by atoms with Gasteiger partial charge in [0.2, 0.25) is 0 Å². The minimum atomic E-state index is 0.0342. The highest BCUT2D eigenvalue weighted by Crippen LogP contribution is 2.24. The molecule has 0 bridgehead atoms. The lowest BCUT2D eigenvalue weighted by Crippen LogP contribution is -2.44. The minimum Gasteiger partial charge on any atom is -0.314 e. The maximum absolute atomic E-state index is 12.0. The number of hydrogen-bond acceptors (Lipinski definition) is 3. The second-order valence-corrected chi connectivity index (χ2v) is 5.61. The molecule has 1 aliphatic rings. The lowest BCUT2D eigenvalue weighted by atomic mass is 10.1. The van der Waals surface area contributed by atoms with Crippen LogP contribution in [0.1, 0.15) is 18.5 Å². The highest BCUT2D eigenvalue weighted by molar-refractivity contribution is 5.77. The van der Waals surface area contributed by atoms with Gasteiger partial charge in [0.15, 0.2) is 0 Å². The molecular formula is C15H22N4O. The molecule has 0 saturated carbocycles. The van der Waals surface area contributed by atoms with Gasteiger partial charge in [-0.3, -0.25) is 14.0 Å². The molecule has 1 fully saturated rings. The van der Waals surface area contributed by atoms with Crippen LogP contribution in [0, 0.1) is 0 Å². The number of hydrogen-bond donors (Lipinski definition) is 1. The Labute approximate surface area is 118 Å². The summed E-state index contributed by atoms with van der Waals surface area (Å²) in [4.78, 5) is 14.5. The monoisotopic (exact) mass is 274 g/mol. The zero-order valence-electron chi connectivity index (χ0n) is 12.4. The van der Waals surface area contributed by atoms with Gasteiger partial charge in [0.1, 0.15) is 0 Å². The van der Waals surface area contributed by atoms with Crippen LogP contribution in [0.2, 0.25) is 0 Å². The molecule has 1 saturated heterocycles. The van der Waals surface area contributed by atoms with Gasteiger partial charge in [-0.2, -0.15) is 0 Å². The van der Waals surface area contributed by atoms with E-state index in [1.54, 1.807) is 9.13 Å². The second-order valence-electron chi connectivity index (χ2n) is 5.61. The molecule has 1 aliphatic heterocycles. The maximum atomic E-state index is 12.0. The molecule has 1 unspecified atom stereocenters. The van der Waals surface area contributed by atoms with Crippen LogP contribution >= 0.6 is 0 Å². The number of fused-ring (bicyclic) bond motifs is 1. The van der Waals surface area contributed by atoms with Crippen molar-refractivity contribution in [1.82, 2.24) is 19.4 Å². The number of piperazine rings is 1. The Morgan fingerprint density at radius 1 is 1.10 bits per heavy atom. The summed E-state index contributed by atoms with van der Waals surface area (Å²) in [6.07, 6.45) is 0. The van der Waals surface area contributed by atoms with Crippen LogP contribution in [0.15, 0.2) is 23.0 Å². The van der Waals surface area contributed by atoms with Crippen molar-refractivity contribution >= 4 is 11.0 Å². The van der Waals surface area contributed by atoms with Crippen LogP contribution in [0.4, 0.5) is 0 Å². The molecule has 0 spiro atoms. The quantitative estimate of drug-likeness (QED) is 0.882. The third-order valence-corrected chi connectivity index (χ3v) is 4.48. The number of imidazole rings is 1. The average molecular weight is 274 g/mol. The molecule has 2 aromatic rings. The standard InChI is InChI=1S/C15H22N4O/c1-11(19-8-6-16-7-9-19)12-4-5-13-14(10-12)18(3)15(20)17(13)2/h4-5,10-11,16H,6-9H2,1-3H3. The smallest absolute Gasteiger partial charge is 0.314 e. The van der Waals surface area contributed by atoms with E-state index in [-0.39, 0.29) is 5.69 Å². The molecule has 0 radical (unpaired) electrons. The van der Waals surface area contributed by atoms with E-state index in [1.165, 1.54) is 5.56 Å². The van der Waals surface area contributed by atoms with Crippen molar-refractivity contribution < 1.29 is 0 Å². The first-order chi connectivity index (χ1) is 9.59. The van der Waals surface area contributed by atoms with Crippen molar-refractivity contribution in [2.45, 2.75) is 13.0 Å². The highest BCUT2D eigenvalue weighted by atomic mass is 16.1. The van der Waals surface area contributed by atoms with Gasteiger partial charge in [-0.05, 0) is 24.6 Å². The Morgan fingerprint density at radius 2 is 1.75 bits per heavy atom. The summed E-state index contributed by atoms with van der Waals surface area (Å²) >= 11 is 0. The van der Waals surface area contributed by atoms with Crippen LogP contribution in [0.3, 0.4) is 0 Å². The summed E-state index contributed by atoms with van der Waals surface area (Å²) in [6.45, 7) is 6.50. The first-order valence-electron chi connectivity index (χ1n) is 7.19. The molecule has 5 nitrogen and oxygen atoms in total. The van der Waals surface area contributed by atoms with E-state index in [2.05, 4.69) is 35.3 Å². The molecular weight excluding hydrogens is 252 g/mol. The Morgan fingerprint density at radius 3 is 2.45 bits per heavy atom. The average Bonchev–Trinajstić information content (AvgIpc) is 2.72. The van der Waals surface area contributed by atoms with Crippen molar-refractivity contribution in [2.24, 2.45) is 14.1 Å². The van der Waals surface area contributed by atoms with Crippen LogP contribution in [0.5, 0.6) is 0 Å². The summed E-state index contributed by atoms with van der Waals surface area (Å²) in [5.74, 6) is 0. The van der Waals surface area contributed by atoms with Crippen LogP contribution < -0.4 is 11.0 Å². The molecule has 20 heavy (non-hydrogen) atoms. The molecule has 1 aromatic heterocycles. The first-order valence-corrected chi connectivity index (χ1v) is 7.19. The lowest BCUT2D eigenvalue weighted by Gasteiger charge is -2.33. The van der Waals surface area contributed by atoms with E-state index in [0.29, 0.717) is 6.04 Å². The van der Waals surface area contributed by atoms with E-state index >= 15 is 0 Å². The predicted octanol–water partition coefficient (Wildman–Crippen LogP) is 0.843. The third-order valence-electron chi connectivity index (χ3n) is 4.48. The SMILES string of the molecule is CC(c1ccc2c(c1)n(C)c(=O)n2C)N1CCNCC1. The summed E-state index contributed by atoms with van der Waals surface area (Å²) in [6, 6.07) is 6.75. The lowest BCUT2D eigenvalue weighted by molar-refractivity contribution is 0.185. The molecule has 2 heterocycles. The largest absolute Gasteiger partial charge is 0.328 e. The van der Waals surface area contributed by atoms with Gasteiger partial charge in [0, 0.05) is 46.3 Å². The van der Waals surface area contributed by atoms with E-state index in [1.807, 2.05) is 14.1 Å². The van der Waals surface area contributed by atoms with Gasteiger partial charge >= 0.3 is 5.69 Å². The van der Waals surface area contributed by atoms with E-state index in [0.717, 1.165) is 37.2 Å². The van der Waals surface area contributed by atoms with Gasteiger partial charge in [-0.25, -0.2) is 4.79 Å². The number of rotatable bonds is 2. The van der Waals surface area contributed by atoms with Crippen LogP contribution in [-0.4, -0.2) is 40.2 Å². The van der Waals surface area contributed by atoms with E-state index < -0.39 is 0 Å². The minimum absolute atomic E-state index is 0.0342. The van der Waals surface area contributed by atoms with Crippen molar-refractivity contribution in [3.63, 3.8) is 0 Å². The molecule has 1 N–H and O–H groups in total. The highest BCUT2D eigenvalue weighted by Gasteiger charge is 2.19. The predicted molar refractivity (Wildman–Crippen MR) is 81.0 cm³/mol. The van der Waals surface area contributed by atoms with Crippen molar-refractivity contribution in [2.75, 3.05) is 26.2 Å². The Balaban J connectivity index is 2.00. The molecule has 108 valence electrons. The topological polar surface area (TPSA) is 42.2 Å². The first kappa shape index (κ1) is 13.4. The van der Waals surface area contributed by atoms with Gasteiger partial charge < -0.3 is 5.32 Å². The number of aryl methyl sites for hydroxylation is 2.